The van der Waals surface area contributed by atoms with Gasteiger partial charge in [-0.2, -0.15) is 0 Å². The quantitative estimate of drug-likeness (QED) is 0.836. The van der Waals surface area contributed by atoms with Gasteiger partial charge in [-0.1, -0.05) is 17.7 Å². The normalized spacial score (nSPS) is 22.2. The van der Waals surface area contributed by atoms with Crippen LogP contribution in [-0.2, 0) is 0 Å². The Morgan fingerprint density at radius 3 is 3.19 bits per heavy atom. The van der Waals surface area contributed by atoms with Gasteiger partial charge in [-0.3, -0.25) is 0 Å². The first-order valence-corrected chi connectivity index (χ1v) is 6.91. The molecule has 1 N–H and O–H groups in total. The van der Waals surface area contributed by atoms with E-state index in [1.54, 1.807) is 0 Å². The first kappa shape index (κ1) is 12.2. The lowest BCUT2D eigenvalue weighted by atomic mass is 10.2. The summed E-state index contributed by atoms with van der Waals surface area (Å²) in [6, 6.07) is 8.65. The Morgan fingerprint density at radius 1 is 1.56 bits per heavy atom. The zero-order valence-electron chi connectivity index (χ0n) is 9.45. The van der Waals surface area contributed by atoms with Crippen molar-refractivity contribution in [2.24, 2.45) is 0 Å². The fourth-order valence-electron chi connectivity index (χ4n) is 1.86. The van der Waals surface area contributed by atoms with Crippen LogP contribution in [0.25, 0.3) is 0 Å². The molecule has 1 aromatic rings. The number of likely N-dealkylation sites (N-methyl/N-ethyl adjacent to an activating group) is 1. The standard InChI is InChI=1S/C12H17ClN2S/c1-15-6-5-14-11(8-15)9-16-12-4-2-3-10(13)7-12/h2-4,7,11,14H,5-6,8-9H2,1H3. The van der Waals surface area contributed by atoms with E-state index in [2.05, 4.69) is 23.3 Å². The van der Waals surface area contributed by atoms with E-state index in [0.29, 0.717) is 6.04 Å². The second-order valence-corrected chi connectivity index (χ2v) is 5.71. The van der Waals surface area contributed by atoms with Crippen LogP contribution in [0.3, 0.4) is 0 Å². The molecule has 88 valence electrons. The van der Waals surface area contributed by atoms with Crippen LogP contribution in [0.5, 0.6) is 0 Å². The van der Waals surface area contributed by atoms with Gasteiger partial charge in [-0.25, -0.2) is 0 Å². The number of thioether (sulfide) groups is 1. The third kappa shape index (κ3) is 3.67. The Morgan fingerprint density at radius 2 is 2.44 bits per heavy atom. The lowest BCUT2D eigenvalue weighted by Gasteiger charge is -2.30. The first-order chi connectivity index (χ1) is 7.74. The van der Waals surface area contributed by atoms with Crippen molar-refractivity contribution < 1.29 is 0 Å². The fraction of sp³-hybridized carbons (Fsp3) is 0.500. The molecule has 1 atom stereocenters. The Kier molecular flexibility index (Phi) is 4.53. The Bertz CT molecular complexity index is 346. The van der Waals surface area contributed by atoms with Gasteiger partial charge in [0.25, 0.3) is 0 Å². The smallest absolute Gasteiger partial charge is 0.0417 e. The lowest BCUT2D eigenvalue weighted by molar-refractivity contribution is 0.250. The van der Waals surface area contributed by atoms with Crippen molar-refractivity contribution in [3.63, 3.8) is 0 Å². The molecule has 0 aromatic heterocycles. The molecule has 0 bridgehead atoms. The maximum Gasteiger partial charge on any atom is 0.0417 e. The molecule has 1 aliphatic heterocycles. The molecular weight excluding hydrogens is 240 g/mol. The fourth-order valence-corrected chi connectivity index (χ4v) is 3.11. The van der Waals surface area contributed by atoms with Crippen molar-refractivity contribution in [2.75, 3.05) is 32.4 Å². The highest BCUT2D eigenvalue weighted by molar-refractivity contribution is 7.99. The van der Waals surface area contributed by atoms with Crippen LogP contribution in [-0.4, -0.2) is 43.4 Å². The van der Waals surface area contributed by atoms with Crippen LogP contribution in [0.2, 0.25) is 5.02 Å². The largest absolute Gasteiger partial charge is 0.311 e. The molecule has 1 fully saturated rings. The summed E-state index contributed by atoms with van der Waals surface area (Å²) in [6.45, 7) is 3.38. The monoisotopic (exact) mass is 256 g/mol. The van der Waals surface area contributed by atoms with Crippen molar-refractivity contribution >= 4 is 23.4 Å². The van der Waals surface area contributed by atoms with Crippen LogP contribution < -0.4 is 5.32 Å². The number of piperazine rings is 1. The zero-order chi connectivity index (χ0) is 11.4. The molecule has 0 saturated carbocycles. The molecule has 0 spiro atoms. The Balaban J connectivity index is 1.82. The van der Waals surface area contributed by atoms with E-state index in [4.69, 9.17) is 11.6 Å². The minimum absolute atomic E-state index is 0.586. The van der Waals surface area contributed by atoms with Crippen LogP contribution in [0.1, 0.15) is 0 Å². The van der Waals surface area contributed by atoms with Crippen LogP contribution >= 0.6 is 23.4 Å². The summed E-state index contributed by atoms with van der Waals surface area (Å²) in [5, 5.41) is 4.36. The molecule has 1 heterocycles. The van der Waals surface area contributed by atoms with E-state index >= 15 is 0 Å². The highest BCUT2D eigenvalue weighted by Crippen LogP contribution is 2.22. The molecule has 4 heteroatoms. The summed E-state index contributed by atoms with van der Waals surface area (Å²) < 4.78 is 0. The predicted octanol–water partition coefficient (Wildman–Crippen LogP) is 2.34. The van der Waals surface area contributed by atoms with Gasteiger partial charge >= 0.3 is 0 Å². The van der Waals surface area contributed by atoms with Crippen LogP contribution in [0.4, 0.5) is 0 Å². The van der Waals surface area contributed by atoms with E-state index in [1.165, 1.54) is 4.90 Å². The van der Waals surface area contributed by atoms with Gasteiger partial charge in [0.1, 0.15) is 0 Å². The number of benzene rings is 1. The summed E-state index contributed by atoms with van der Waals surface area (Å²) in [6.07, 6.45) is 0. The van der Waals surface area contributed by atoms with Crippen molar-refractivity contribution in [3.8, 4) is 0 Å². The van der Waals surface area contributed by atoms with Gasteiger partial charge in [0, 0.05) is 41.3 Å². The Hall–Kier alpha value is -0.220. The number of nitrogens with zero attached hydrogens (tertiary/aromatic N) is 1. The minimum atomic E-state index is 0.586. The topological polar surface area (TPSA) is 15.3 Å². The van der Waals surface area contributed by atoms with Gasteiger partial charge in [0.2, 0.25) is 0 Å². The summed E-state index contributed by atoms with van der Waals surface area (Å²) in [7, 11) is 2.18. The van der Waals surface area contributed by atoms with Crippen LogP contribution in [0.15, 0.2) is 29.2 Å². The van der Waals surface area contributed by atoms with E-state index in [0.717, 1.165) is 30.4 Å². The summed E-state index contributed by atoms with van der Waals surface area (Å²) >= 11 is 7.82. The van der Waals surface area contributed by atoms with E-state index in [-0.39, 0.29) is 0 Å². The van der Waals surface area contributed by atoms with Crippen LogP contribution in [0, 0.1) is 0 Å². The molecule has 16 heavy (non-hydrogen) atoms. The maximum absolute atomic E-state index is 5.95. The van der Waals surface area contributed by atoms with E-state index in [1.807, 2.05) is 30.0 Å². The summed E-state index contributed by atoms with van der Waals surface area (Å²) in [4.78, 5) is 3.63. The molecule has 2 rings (SSSR count). The van der Waals surface area contributed by atoms with Gasteiger partial charge in [-0.15, -0.1) is 11.8 Å². The van der Waals surface area contributed by atoms with Crippen molar-refractivity contribution in [3.05, 3.63) is 29.3 Å². The molecule has 0 aliphatic carbocycles. The molecule has 0 amide bonds. The molecule has 1 unspecified atom stereocenters. The second-order valence-electron chi connectivity index (χ2n) is 4.18. The highest BCUT2D eigenvalue weighted by atomic mass is 35.5. The van der Waals surface area contributed by atoms with Crippen molar-refractivity contribution in [1.82, 2.24) is 10.2 Å². The summed E-state index contributed by atoms with van der Waals surface area (Å²) in [5.74, 6) is 1.10. The maximum atomic E-state index is 5.95. The predicted molar refractivity (Wildman–Crippen MR) is 71.5 cm³/mol. The van der Waals surface area contributed by atoms with Gasteiger partial charge < -0.3 is 10.2 Å². The molecule has 1 aliphatic rings. The molecule has 2 nitrogen and oxygen atoms in total. The number of halogens is 1. The van der Waals surface area contributed by atoms with Gasteiger partial charge in [0.05, 0.1) is 0 Å². The number of hydrogen-bond acceptors (Lipinski definition) is 3. The molecule has 1 saturated heterocycles. The van der Waals surface area contributed by atoms with Crippen molar-refractivity contribution in [1.29, 1.82) is 0 Å². The van der Waals surface area contributed by atoms with Crippen molar-refractivity contribution in [2.45, 2.75) is 10.9 Å². The number of nitrogens with one attached hydrogen (secondary N) is 1. The zero-order valence-corrected chi connectivity index (χ0v) is 11.0. The first-order valence-electron chi connectivity index (χ1n) is 5.54. The average molecular weight is 257 g/mol. The second kappa shape index (κ2) is 5.92. The molecule has 0 radical (unpaired) electrons. The number of hydrogen-bond donors (Lipinski definition) is 1. The van der Waals surface area contributed by atoms with Gasteiger partial charge in [-0.05, 0) is 25.2 Å². The molecule has 1 aromatic carbocycles. The SMILES string of the molecule is CN1CCNC(CSc2cccc(Cl)c2)C1. The third-order valence-corrected chi connectivity index (χ3v) is 4.10. The Labute approximate surface area is 106 Å². The average Bonchev–Trinajstić information content (AvgIpc) is 2.27. The third-order valence-electron chi connectivity index (χ3n) is 2.71. The number of rotatable bonds is 3. The van der Waals surface area contributed by atoms with E-state index < -0.39 is 0 Å². The summed E-state index contributed by atoms with van der Waals surface area (Å²) in [5.41, 5.74) is 0. The molecular formula is C12H17ClN2S. The minimum Gasteiger partial charge on any atom is -0.311 e. The highest BCUT2D eigenvalue weighted by Gasteiger charge is 2.16. The van der Waals surface area contributed by atoms with Gasteiger partial charge in [0.15, 0.2) is 0 Å². The lowest BCUT2D eigenvalue weighted by Crippen LogP contribution is -2.50. The van der Waals surface area contributed by atoms with E-state index in [9.17, 15) is 0 Å².